The van der Waals surface area contributed by atoms with Crippen LogP contribution in [0, 0.1) is 0 Å². The molecule has 0 atom stereocenters. The topological polar surface area (TPSA) is 72.2 Å². The Kier molecular flexibility index (Phi) is 5.93. The van der Waals surface area contributed by atoms with E-state index >= 15 is 0 Å². The Labute approximate surface area is 164 Å². The van der Waals surface area contributed by atoms with Gasteiger partial charge in [-0.2, -0.15) is 0 Å². The zero-order valence-corrected chi connectivity index (χ0v) is 17.0. The van der Waals surface area contributed by atoms with Crippen LogP contribution in [-0.2, 0) is 11.3 Å². The second-order valence-corrected chi connectivity index (χ2v) is 7.93. The standard InChI is InChI=1S/C21H28N2O5/c1-5-26-16-6-7-18-17(13-16)15(12-19(24)27-18)14-22-8-10-23(11-9-22)20(25)28-21(2,3)4/h6-7,12-13H,5,8-11,14H2,1-4H3. The summed E-state index contributed by atoms with van der Waals surface area (Å²) in [7, 11) is 0. The van der Waals surface area contributed by atoms with E-state index in [4.69, 9.17) is 13.9 Å². The highest BCUT2D eigenvalue weighted by atomic mass is 16.6. The number of carbonyl (C=O) groups is 1. The molecule has 1 aromatic carbocycles. The van der Waals surface area contributed by atoms with Gasteiger partial charge in [0.25, 0.3) is 0 Å². The smallest absolute Gasteiger partial charge is 0.410 e. The molecule has 28 heavy (non-hydrogen) atoms. The molecule has 0 aliphatic carbocycles. The van der Waals surface area contributed by atoms with Crippen molar-refractivity contribution in [2.75, 3.05) is 32.8 Å². The van der Waals surface area contributed by atoms with Crippen molar-refractivity contribution < 1.29 is 18.7 Å². The lowest BCUT2D eigenvalue weighted by molar-refractivity contribution is 0.0139. The van der Waals surface area contributed by atoms with Crippen LogP contribution >= 0.6 is 0 Å². The summed E-state index contributed by atoms with van der Waals surface area (Å²) >= 11 is 0. The molecule has 3 rings (SSSR count). The number of fused-ring (bicyclic) bond motifs is 1. The van der Waals surface area contributed by atoms with Gasteiger partial charge in [0.15, 0.2) is 0 Å². The number of carbonyl (C=O) groups excluding carboxylic acids is 1. The van der Waals surface area contributed by atoms with Gasteiger partial charge in [-0.1, -0.05) is 0 Å². The number of nitrogens with zero attached hydrogens (tertiary/aromatic N) is 2. The van der Waals surface area contributed by atoms with Crippen molar-refractivity contribution in [3.63, 3.8) is 0 Å². The predicted octanol–water partition coefficient (Wildman–Crippen LogP) is 3.24. The van der Waals surface area contributed by atoms with E-state index < -0.39 is 5.60 Å². The van der Waals surface area contributed by atoms with Gasteiger partial charge in [0.2, 0.25) is 0 Å². The summed E-state index contributed by atoms with van der Waals surface area (Å²) in [6.07, 6.45) is -0.278. The highest BCUT2D eigenvalue weighted by Gasteiger charge is 2.26. The second-order valence-electron chi connectivity index (χ2n) is 7.93. The lowest BCUT2D eigenvalue weighted by Crippen LogP contribution is -2.49. The lowest BCUT2D eigenvalue weighted by atomic mass is 10.1. The molecule has 0 bridgehead atoms. The van der Waals surface area contributed by atoms with Gasteiger partial charge in [-0.05, 0) is 51.5 Å². The van der Waals surface area contributed by atoms with E-state index in [9.17, 15) is 9.59 Å². The number of hydrogen-bond donors (Lipinski definition) is 0. The molecule has 2 heterocycles. The van der Waals surface area contributed by atoms with E-state index in [1.165, 1.54) is 6.07 Å². The molecule has 0 N–H and O–H groups in total. The molecule has 1 aliphatic heterocycles. The summed E-state index contributed by atoms with van der Waals surface area (Å²) < 4.78 is 16.3. The fourth-order valence-electron chi connectivity index (χ4n) is 3.25. The van der Waals surface area contributed by atoms with Crippen molar-refractivity contribution in [1.29, 1.82) is 0 Å². The third-order valence-electron chi connectivity index (χ3n) is 4.53. The van der Waals surface area contributed by atoms with Crippen LogP contribution in [-0.4, -0.2) is 54.3 Å². The fraction of sp³-hybridized carbons (Fsp3) is 0.524. The Bertz CT molecular complexity index is 892. The first-order valence-electron chi connectivity index (χ1n) is 9.65. The van der Waals surface area contributed by atoms with Gasteiger partial charge in [-0.3, -0.25) is 4.90 Å². The molecule has 7 heteroatoms. The Morgan fingerprint density at radius 3 is 2.50 bits per heavy atom. The van der Waals surface area contributed by atoms with Crippen LogP contribution < -0.4 is 10.4 Å². The zero-order valence-electron chi connectivity index (χ0n) is 17.0. The molecule has 0 unspecified atom stereocenters. The summed E-state index contributed by atoms with van der Waals surface area (Å²) in [6, 6.07) is 7.02. The van der Waals surface area contributed by atoms with E-state index in [1.807, 2.05) is 33.8 Å². The number of amides is 1. The van der Waals surface area contributed by atoms with Crippen molar-refractivity contribution in [3.8, 4) is 5.75 Å². The van der Waals surface area contributed by atoms with E-state index in [1.54, 1.807) is 17.0 Å². The lowest BCUT2D eigenvalue weighted by Gasteiger charge is -2.35. The summed E-state index contributed by atoms with van der Waals surface area (Å²) in [5.41, 5.74) is 0.597. The van der Waals surface area contributed by atoms with Crippen LogP contribution in [0.2, 0.25) is 0 Å². The molecule has 152 valence electrons. The van der Waals surface area contributed by atoms with E-state index in [-0.39, 0.29) is 11.7 Å². The number of ether oxygens (including phenoxy) is 2. The first kappa shape index (κ1) is 20.2. The van der Waals surface area contributed by atoms with E-state index in [2.05, 4.69) is 4.90 Å². The molecule has 1 saturated heterocycles. The number of rotatable bonds is 4. The Morgan fingerprint density at radius 2 is 1.86 bits per heavy atom. The van der Waals surface area contributed by atoms with Gasteiger partial charge in [0.1, 0.15) is 16.9 Å². The van der Waals surface area contributed by atoms with Gasteiger partial charge >= 0.3 is 11.7 Å². The minimum absolute atomic E-state index is 0.278. The molecular weight excluding hydrogens is 360 g/mol. The first-order chi connectivity index (χ1) is 13.2. The minimum atomic E-state index is -0.497. The maximum atomic E-state index is 12.2. The zero-order chi connectivity index (χ0) is 20.3. The summed E-state index contributed by atoms with van der Waals surface area (Å²) in [5, 5.41) is 0.875. The van der Waals surface area contributed by atoms with Crippen molar-refractivity contribution in [2.24, 2.45) is 0 Å². The van der Waals surface area contributed by atoms with Crippen LogP contribution in [0.3, 0.4) is 0 Å². The van der Waals surface area contributed by atoms with Crippen LogP contribution in [0.1, 0.15) is 33.3 Å². The van der Waals surface area contributed by atoms with E-state index in [0.717, 1.165) is 16.7 Å². The molecular formula is C21H28N2O5. The Hall–Kier alpha value is -2.54. The average Bonchev–Trinajstić information content (AvgIpc) is 2.61. The van der Waals surface area contributed by atoms with Gasteiger partial charge < -0.3 is 18.8 Å². The number of benzene rings is 1. The highest BCUT2D eigenvalue weighted by Crippen LogP contribution is 2.24. The largest absolute Gasteiger partial charge is 0.494 e. The monoisotopic (exact) mass is 388 g/mol. The fourth-order valence-corrected chi connectivity index (χ4v) is 3.25. The van der Waals surface area contributed by atoms with Crippen molar-refractivity contribution in [2.45, 2.75) is 39.8 Å². The van der Waals surface area contributed by atoms with Crippen molar-refractivity contribution >= 4 is 17.1 Å². The first-order valence-corrected chi connectivity index (χ1v) is 9.65. The van der Waals surface area contributed by atoms with Crippen LogP contribution in [0.15, 0.2) is 33.5 Å². The van der Waals surface area contributed by atoms with Gasteiger partial charge in [0.05, 0.1) is 6.61 Å². The molecule has 0 radical (unpaired) electrons. The van der Waals surface area contributed by atoms with Gasteiger partial charge in [-0.25, -0.2) is 9.59 Å². The molecule has 0 spiro atoms. The van der Waals surface area contributed by atoms with Gasteiger partial charge in [-0.15, -0.1) is 0 Å². The maximum Gasteiger partial charge on any atom is 0.410 e. The van der Waals surface area contributed by atoms with Crippen LogP contribution in [0.25, 0.3) is 11.0 Å². The Morgan fingerprint density at radius 1 is 1.14 bits per heavy atom. The third kappa shape index (κ3) is 5.04. The molecule has 1 fully saturated rings. The minimum Gasteiger partial charge on any atom is -0.494 e. The number of piperazine rings is 1. The molecule has 1 amide bonds. The summed E-state index contributed by atoms with van der Waals surface area (Å²) in [4.78, 5) is 28.1. The summed E-state index contributed by atoms with van der Waals surface area (Å²) in [5.74, 6) is 0.750. The number of hydrogen-bond acceptors (Lipinski definition) is 6. The third-order valence-corrected chi connectivity index (χ3v) is 4.53. The van der Waals surface area contributed by atoms with E-state index in [0.29, 0.717) is 44.9 Å². The second kappa shape index (κ2) is 8.22. The van der Waals surface area contributed by atoms with Crippen molar-refractivity contribution in [3.05, 3.63) is 40.2 Å². The molecule has 0 saturated carbocycles. The normalized spacial score (nSPS) is 15.6. The van der Waals surface area contributed by atoms with Crippen molar-refractivity contribution in [1.82, 2.24) is 9.80 Å². The average molecular weight is 388 g/mol. The van der Waals surface area contributed by atoms with Crippen LogP contribution in [0.4, 0.5) is 4.79 Å². The predicted molar refractivity (Wildman–Crippen MR) is 107 cm³/mol. The molecule has 1 aromatic heterocycles. The Balaban J connectivity index is 1.71. The summed E-state index contributed by atoms with van der Waals surface area (Å²) in [6.45, 7) is 11.3. The van der Waals surface area contributed by atoms with Gasteiger partial charge in [0, 0.05) is 44.2 Å². The quantitative estimate of drug-likeness (QED) is 0.749. The molecule has 7 nitrogen and oxygen atoms in total. The maximum absolute atomic E-state index is 12.2. The highest BCUT2D eigenvalue weighted by molar-refractivity contribution is 5.81. The SMILES string of the molecule is CCOc1ccc2oc(=O)cc(CN3CCN(C(=O)OC(C)(C)C)CC3)c2c1. The van der Waals surface area contributed by atoms with Crippen LogP contribution in [0.5, 0.6) is 5.75 Å². The molecule has 2 aromatic rings. The molecule has 1 aliphatic rings.